The van der Waals surface area contributed by atoms with Crippen LogP contribution in [0.4, 0.5) is 5.69 Å². The fraction of sp³-hybridized carbons (Fsp3) is 0.208. The Labute approximate surface area is 175 Å². The number of fused-ring (bicyclic) bond motifs is 1. The number of anilines is 1. The van der Waals surface area contributed by atoms with Crippen molar-refractivity contribution in [3.63, 3.8) is 0 Å². The van der Waals surface area contributed by atoms with Gasteiger partial charge < -0.3 is 14.8 Å². The Bertz CT molecular complexity index is 1130. The van der Waals surface area contributed by atoms with E-state index in [1.807, 2.05) is 55.5 Å². The van der Waals surface area contributed by atoms with Crippen molar-refractivity contribution in [3.05, 3.63) is 83.4 Å². The van der Waals surface area contributed by atoms with E-state index in [9.17, 15) is 5.11 Å². The summed E-state index contributed by atoms with van der Waals surface area (Å²) >= 11 is 6.49. The summed E-state index contributed by atoms with van der Waals surface area (Å²) in [5.41, 5.74) is 3.82. The standard InChI is InChI=1S/C24H23ClN2O2/c1-15(22-5-4-12-29-22)27-23-19-13-17(8-11-21(19)26-14-20(23)25)16-6-9-18(10-7-16)24(2,3)28/h4-15,28H,1-3H3,(H,26,27). The first kappa shape index (κ1) is 19.5. The number of nitrogens with one attached hydrogen (secondary N) is 1. The van der Waals surface area contributed by atoms with Gasteiger partial charge in [0.15, 0.2) is 0 Å². The van der Waals surface area contributed by atoms with Crippen LogP contribution in [0.5, 0.6) is 0 Å². The second-order valence-corrected chi connectivity index (χ2v) is 8.14. The molecule has 0 bridgehead atoms. The normalized spacial score (nSPS) is 12.9. The summed E-state index contributed by atoms with van der Waals surface area (Å²) in [5, 5.41) is 15.2. The first-order chi connectivity index (χ1) is 13.8. The summed E-state index contributed by atoms with van der Waals surface area (Å²) in [6, 6.07) is 17.8. The molecule has 4 nitrogen and oxygen atoms in total. The van der Waals surface area contributed by atoms with Gasteiger partial charge in [0.1, 0.15) is 5.76 Å². The summed E-state index contributed by atoms with van der Waals surface area (Å²) in [5.74, 6) is 0.837. The van der Waals surface area contributed by atoms with Crippen LogP contribution in [0.15, 0.2) is 71.5 Å². The molecule has 148 valence electrons. The molecule has 2 heterocycles. The van der Waals surface area contributed by atoms with E-state index in [1.54, 1.807) is 26.3 Å². The average Bonchev–Trinajstić information content (AvgIpc) is 3.24. The third-order valence-corrected chi connectivity index (χ3v) is 5.36. The van der Waals surface area contributed by atoms with E-state index >= 15 is 0 Å². The highest BCUT2D eigenvalue weighted by Gasteiger charge is 2.16. The Hall–Kier alpha value is -2.82. The van der Waals surface area contributed by atoms with Gasteiger partial charge in [0.05, 0.1) is 34.1 Å². The van der Waals surface area contributed by atoms with Gasteiger partial charge in [-0.05, 0) is 61.7 Å². The van der Waals surface area contributed by atoms with Crippen molar-refractivity contribution in [1.82, 2.24) is 4.98 Å². The van der Waals surface area contributed by atoms with Crippen molar-refractivity contribution >= 4 is 28.2 Å². The molecule has 0 aliphatic rings. The zero-order valence-corrected chi connectivity index (χ0v) is 17.4. The van der Waals surface area contributed by atoms with Gasteiger partial charge in [0, 0.05) is 11.6 Å². The maximum Gasteiger partial charge on any atom is 0.125 e. The van der Waals surface area contributed by atoms with Gasteiger partial charge in [-0.3, -0.25) is 4.98 Å². The molecule has 0 saturated heterocycles. The van der Waals surface area contributed by atoms with Crippen LogP contribution in [-0.2, 0) is 5.60 Å². The molecule has 0 saturated carbocycles. The fourth-order valence-electron chi connectivity index (χ4n) is 3.39. The highest BCUT2D eigenvalue weighted by molar-refractivity contribution is 6.34. The van der Waals surface area contributed by atoms with Crippen molar-refractivity contribution < 1.29 is 9.52 Å². The lowest BCUT2D eigenvalue weighted by Crippen LogP contribution is -2.14. The van der Waals surface area contributed by atoms with Crippen molar-refractivity contribution in [2.24, 2.45) is 0 Å². The fourth-order valence-corrected chi connectivity index (χ4v) is 3.60. The third-order valence-electron chi connectivity index (χ3n) is 5.08. The third kappa shape index (κ3) is 4.00. The predicted molar refractivity (Wildman–Crippen MR) is 118 cm³/mol. The molecule has 2 aromatic carbocycles. The molecular formula is C24H23ClN2O2. The van der Waals surface area contributed by atoms with Crippen LogP contribution < -0.4 is 5.32 Å². The van der Waals surface area contributed by atoms with Crippen LogP contribution in [-0.4, -0.2) is 10.1 Å². The molecule has 5 heteroatoms. The van der Waals surface area contributed by atoms with E-state index in [0.717, 1.165) is 39.0 Å². The molecule has 0 fully saturated rings. The van der Waals surface area contributed by atoms with Gasteiger partial charge in [-0.2, -0.15) is 0 Å². The molecule has 0 radical (unpaired) electrons. The van der Waals surface area contributed by atoms with Crippen molar-refractivity contribution in [2.45, 2.75) is 32.4 Å². The maximum absolute atomic E-state index is 10.2. The number of aliphatic hydroxyl groups is 1. The number of hydrogen-bond donors (Lipinski definition) is 2. The number of benzene rings is 2. The second kappa shape index (κ2) is 7.54. The van der Waals surface area contributed by atoms with Crippen LogP contribution in [0.25, 0.3) is 22.0 Å². The topological polar surface area (TPSA) is 58.3 Å². The van der Waals surface area contributed by atoms with E-state index in [1.165, 1.54) is 0 Å². The Morgan fingerprint density at radius 2 is 1.79 bits per heavy atom. The Balaban J connectivity index is 1.74. The number of rotatable bonds is 5. The summed E-state index contributed by atoms with van der Waals surface area (Å²) in [7, 11) is 0. The first-order valence-corrected chi connectivity index (χ1v) is 9.92. The van der Waals surface area contributed by atoms with Gasteiger partial charge in [-0.1, -0.05) is 41.9 Å². The minimum absolute atomic E-state index is 0.0391. The summed E-state index contributed by atoms with van der Waals surface area (Å²) in [6.07, 6.45) is 3.33. The number of pyridine rings is 1. The van der Waals surface area contributed by atoms with Crippen LogP contribution in [0.2, 0.25) is 5.02 Å². The molecule has 4 rings (SSSR count). The highest BCUT2D eigenvalue weighted by Crippen LogP contribution is 2.35. The van der Waals surface area contributed by atoms with Gasteiger partial charge in [0.2, 0.25) is 0 Å². The number of furan rings is 1. The SMILES string of the molecule is CC(Nc1c(Cl)cnc2ccc(-c3ccc(C(C)(C)O)cc3)cc12)c1ccco1. The van der Waals surface area contributed by atoms with E-state index in [-0.39, 0.29) is 6.04 Å². The smallest absolute Gasteiger partial charge is 0.125 e. The predicted octanol–water partition coefficient (Wildman–Crippen LogP) is 6.55. The lowest BCUT2D eigenvalue weighted by Gasteiger charge is -2.18. The Morgan fingerprint density at radius 3 is 2.45 bits per heavy atom. The minimum atomic E-state index is -0.863. The van der Waals surface area contributed by atoms with E-state index in [4.69, 9.17) is 16.0 Å². The minimum Gasteiger partial charge on any atom is -0.467 e. The van der Waals surface area contributed by atoms with Gasteiger partial charge in [-0.25, -0.2) is 0 Å². The number of aromatic nitrogens is 1. The molecular weight excluding hydrogens is 384 g/mol. The van der Waals surface area contributed by atoms with Crippen molar-refractivity contribution in [2.75, 3.05) is 5.32 Å². The zero-order valence-electron chi connectivity index (χ0n) is 16.6. The quantitative estimate of drug-likeness (QED) is 0.394. The van der Waals surface area contributed by atoms with E-state index in [2.05, 4.69) is 16.4 Å². The maximum atomic E-state index is 10.2. The van der Waals surface area contributed by atoms with E-state index in [0.29, 0.717) is 5.02 Å². The summed E-state index contributed by atoms with van der Waals surface area (Å²) in [4.78, 5) is 4.46. The molecule has 29 heavy (non-hydrogen) atoms. The molecule has 1 unspecified atom stereocenters. The molecule has 2 aromatic heterocycles. The average molecular weight is 407 g/mol. The molecule has 0 aliphatic carbocycles. The van der Waals surface area contributed by atoms with Crippen molar-refractivity contribution in [1.29, 1.82) is 0 Å². The van der Waals surface area contributed by atoms with E-state index < -0.39 is 5.60 Å². The van der Waals surface area contributed by atoms with Crippen LogP contribution >= 0.6 is 11.6 Å². The first-order valence-electron chi connectivity index (χ1n) is 9.54. The summed E-state index contributed by atoms with van der Waals surface area (Å²) < 4.78 is 5.51. The number of halogens is 1. The molecule has 0 amide bonds. The molecule has 2 N–H and O–H groups in total. The molecule has 0 spiro atoms. The van der Waals surface area contributed by atoms with Crippen LogP contribution in [0.1, 0.15) is 38.1 Å². The molecule has 4 aromatic rings. The Morgan fingerprint density at radius 1 is 1.07 bits per heavy atom. The summed E-state index contributed by atoms with van der Waals surface area (Å²) in [6.45, 7) is 5.59. The lowest BCUT2D eigenvalue weighted by molar-refractivity contribution is 0.0786. The lowest BCUT2D eigenvalue weighted by atomic mass is 9.95. The van der Waals surface area contributed by atoms with Crippen LogP contribution in [0.3, 0.4) is 0 Å². The van der Waals surface area contributed by atoms with Gasteiger partial charge in [-0.15, -0.1) is 0 Å². The second-order valence-electron chi connectivity index (χ2n) is 7.73. The van der Waals surface area contributed by atoms with Crippen molar-refractivity contribution in [3.8, 4) is 11.1 Å². The van der Waals surface area contributed by atoms with Crippen LogP contribution in [0, 0.1) is 0 Å². The number of hydrogen-bond acceptors (Lipinski definition) is 4. The highest BCUT2D eigenvalue weighted by atomic mass is 35.5. The molecule has 0 aliphatic heterocycles. The van der Waals surface area contributed by atoms with Gasteiger partial charge >= 0.3 is 0 Å². The van der Waals surface area contributed by atoms with Gasteiger partial charge in [0.25, 0.3) is 0 Å². The molecule has 1 atom stereocenters. The number of nitrogens with zero attached hydrogens (tertiary/aromatic N) is 1. The zero-order chi connectivity index (χ0) is 20.6. The monoisotopic (exact) mass is 406 g/mol. The largest absolute Gasteiger partial charge is 0.467 e. The Kier molecular flexibility index (Phi) is 5.07.